The first-order valence-corrected chi connectivity index (χ1v) is 7.49. The average molecular weight is 289 g/mol. The summed E-state index contributed by atoms with van der Waals surface area (Å²) in [5.74, 6) is -0.344. The van der Waals surface area contributed by atoms with Gasteiger partial charge in [0.25, 0.3) is 0 Å². The van der Waals surface area contributed by atoms with Gasteiger partial charge in [0.2, 0.25) is 11.8 Å². The van der Waals surface area contributed by atoms with E-state index in [4.69, 9.17) is 5.73 Å². The average Bonchev–Trinajstić information content (AvgIpc) is 2.52. The molecule has 3 N–H and O–H groups in total. The van der Waals surface area contributed by atoms with Gasteiger partial charge < -0.3 is 16.0 Å². The molecule has 2 unspecified atom stereocenters. The maximum absolute atomic E-state index is 12.7. The first-order valence-electron chi connectivity index (χ1n) is 7.49. The van der Waals surface area contributed by atoms with Gasteiger partial charge in [0.15, 0.2) is 0 Å². The Kier molecular flexibility index (Phi) is 5.33. The molecule has 1 fully saturated rings. The highest BCUT2D eigenvalue weighted by molar-refractivity contribution is 5.89. The second kappa shape index (κ2) is 7.22. The number of hydrogen-bond acceptors (Lipinski definition) is 3. The molecule has 2 atom stereocenters. The number of nitrogens with zero attached hydrogens (tertiary/aromatic N) is 1. The lowest BCUT2D eigenvalue weighted by molar-refractivity contribution is -0.146. The minimum atomic E-state index is -0.365. The quantitative estimate of drug-likeness (QED) is 0.831. The van der Waals surface area contributed by atoms with Gasteiger partial charge in [0, 0.05) is 19.6 Å². The van der Waals surface area contributed by atoms with Crippen molar-refractivity contribution in [2.75, 3.05) is 19.6 Å². The number of nitrogens with one attached hydrogen (secondary N) is 1. The van der Waals surface area contributed by atoms with Gasteiger partial charge in [-0.2, -0.15) is 0 Å². The minimum Gasteiger partial charge on any atom is -0.353 e. The van der Waals surface area contributed by atoms with E-state index in [9.17, 15) is 9.59 Å². The number of hydrogen-bond donors (Lipinski definition) is 2. The van der Waals surface area contributed by atoms with Crippen LogP contribution in [0.2, 0.25) is 0 Å². The van der Waals surface area contributed by atoms with Gasteiger partial charge in [-0.1, -0.05) is 37.3 Å². The minimum absolute atomic E-state index is 0.0111. The van der Waals surface area contributed by atoms with Gasteiger partial charge in [0.05, 0.1) is 5.92 Å². The Labute approximate surface area is 125 Å². The Hall–Kier alpha value is -1.88. The highest BCUT2D eigenvalue weighted by Crippen LogP contribution is 2.16. The maximum Gasteiger partial charge on any atom is 0.242 e. The second-order valence-electron chi connectivity index (χ2n) is 5.37. The molecule has 0 saturated carbocycles. The number of benzene rings is 1. The lowest BCUT2D eigenvalue weighted by Crippen LogP contribution is -2.58. The van der Waals surface area contributed by atoms with Gasteiger partial charge in [0.1, 0.15) is 6.04 Å². The molecule has 0 aliphatic carbocycles. The van der Waals surface area contributed by atoms with Crippen molar-refractivity contribution in [3.63, 3.8) is 0 Å². The van der Waals surface area contributed by atoms with E-state index in [1.165, 1.54) is 0 Å². The lowest BCUT2D eigenvalue weighted by Gasteiger charge is -2.36. The Balaban J connectivity index is 2.10. The molecule has 5 nitrogen and oxygen atoms in total. The van der Waals surface area contributed by atoms with Crippen molar-refractivity contribution < 1.29 is 9.59 Å². The fourth-order valence-electron chi connectivity index (χ4n) is 2.79. The van der Waals surface area contributed by atoms with Crippen LogP contribution in [0, 0.1) is 5.92 Å². The van der Waals surface area contributed by atoms with E-state index < -0.39 is 0 Å². The van der Waals surface area contributed by atoms with Crippen molar-refractivity contribution in [2.24, 2.45) is 11.7 Å². The molecule has 5 heteroatoms. The first-order chi connectivity index (χ1) is 10.2. The van der Waals surface area contributed by atoms with Gasteiger partial charge in [-0.05, 0) is 18.4 Å². The molecular formula is C16H23N3O2. The van der Waals surface area contributed by atoms with Crippen LogP contribution in [0.3, 0.4) is 0 Å². The van der Waals surface area contributed by atoms with Gasteiger partial charge in [-0.15, -0.1) is 0 Å². The molecule has 0 aromatic heterocycles. The SMILES string of the molecule is CCC1C(=O)NCCN1C(=O)C(CN)Cc1ccccc1. The van der Waals surface area contributed by atoms with Crippen LogP contribution in [-0.2, 0) is 16.0 Å². The molecule has 2 amide bonds. The highest BCUT2D eigenvalue weighted by atomic mass is 16.2. The third-order valence-electron chi connectivity index (χ3n) is 3.96. The molecule has 0 bridgehead atoms. The van der Waals surface area contributed by atoms with Crippen LogP contribution < -0.4 is 11.1 Å². The molecule has 1 aliphatic heterocycles. The summed E-state index contributed by atoms with van der Waals surface area (Å²) >= 11 is 0. The van der Waals surface area contributed by atoms with Crippen molar-refractivity contribution in [3.8, 4) is 0 Å². The van der Waals surface area contributed by atoms with Crippen LogP contribution in [0.1, 0.15) is 18.9 Å². The molecule has 2 rings (SSSR count). The fraction of sp³-hybridized carbons (Fsp3) is 0.500. The molecule has 21 heavy (non-hydrogen) atoms. The molecule has 1 aliphatic rings. The van der Waals surface area contributed by atoms with Gasteiger partial charge in [-0.25, -0.2) is 0 Å². The van der Waals surface area contributed by atoms with Crippen LogP contribution in [0.4, 0.5) is 0 Å². The number of piperazine rings is 1. The molecule has 1 aromatic rings. The third kappa shape index (κ3) is 3.61. The van der Waals surface area contributed by atoms with Crippen LogP contribution >= 0.6 is 0 Å². The second-order valence-corrected chi connectivity index (χ2v) is 5.37. The van der Waals surface area contributed by atoms with Crippen LogP contribution in [0.15, 0.2) is 30.3 Å². The van der Waals surface area contributed by atoms with Crippen molar-refractivity contribution in [1.82, 2.24) is 10.2 Å². The number of carbonyl (C=O) groups excluding carboxylic acids is 2. The summed E-state index contributed by atoms with van der Waals surface area (Å²) in [5, 5.41) is 2.81. The molecule has 114 valence electrons. The summed E-state index contributed by atoms with van der Waals surface area (Å²) in [6.45, 7) is 3.30. The largest absolute Gasteiger partial charge is 0.353 e. The zero-order valence-corrected chi connectivity index (χ0v) is 12.4. The zero-order chi connectivity index (χ0) is 15.2. The number of amides is 2. The lowest BCUT2D eigenvalue weighted by atomic mass is 9.96. The molecule has 0 radical (unpaired) electrons. The van der Waals surface area contributed by atoms with Crippen LogP contribution in [0.5, 0.6) is 0 Å². The topological polar surface area (TPSA) is 75.4 Å². The molecule has 1 aromatic carbocycles. The Morgan fingerprint density at radius 2 is 2.14 bits per heavy atom. The summed E-state index contributed by atoms with van der Waals surface area (Å²) < 4.78 is 0. The monoisotopic (exact) mass is 289 g/mol. The highest BCUT2D eigenvalue weighted by Gasteiger charge is 2.34. The van der Waals surface area contributed by atoms with E-state index in [0.717, 1.165) is 5.56 Å². The first kappa shape index (κ1) is 15.5. The molecule has 1 heterocycles. The third-order valence-corrected chi connectivity index (χ3v) is 3.96. The van der Waals surface area contributed by atoms with Crippen molar-refractivity contribution in [3.05, 3.63) is 35.9 Å². The predicted molar refractivity (Wildman–Crippen MR) is 81.5 cm³/mol. The fourth-order valence-corrected chi connectivity index (χ4v) is 2.79. The summed E-state index contributed by atoms with van der Waals surface area (Å²) in [4.78, 5) is 26.3. The predicted octanol–water partition coefficient (Wildman–Crippen LogP) is 0.541. The van der Waals surface area contributed by atoms with Gasteiger partial charge in [-0.3, -0.25) is 9.59 Å². The number of carbonyl (C=O) groups is 2. The van der Waals surface area contributed by atoms with Crippen LogP contribution in [-0.4, -0.2) is 42.4 Å². The van der Waals surface area contributed by atoms with Crippen molar-refractivity contribution >= 4 is 11.8 Å². The maximum atomic E-state index is 12.7. The van der Waals surface area contributed by atoms with E-state index in [0.29, 0.717) is 32.5 Å². The van der Waals surface area contributed by atoms with E-state index in [1.54, 1.807) is 4.90 Å². The Bertz CT molecular complexity index is 490. The molecule has 1 saturated heterocycles. The molecule has 0 spiro atoms. The van der Waals surface area contributed by atoms with Crippen LogP contribution in [0.25, 0.3) is 0 Å². The zero-order valence-electron chi connectivity index (χ0n) is 12.4. The summed E-state index contributed by atoms with van der Waals surface area (Å²) in [5.41, 5.74) is 6.90. The van der Waals surface area contributed by atoms with E-state index in [1.807, 2.05) is 37.3 Å². The summed E-state index contributed by atoms with van der Waals surface area (Å²) in [6.07, 6.45) is 1.24. The van der Waals surface area contributed by atoms with E-state index >= 15 is 0 Å². The Morgan fingerprint density at radius 3 is 2.76 bits per heavy atom. The number of rotatable bonds is 5. The van der Waals surface area contributed by atoms with E-state index in [-0.39, 0.29) is 23.8 Å². The van der Waals surface area contributed by atoms with Crippen molar-refractivity contribution in [1.29, 1.82) is 0 Å². The van der Waals surface area contributed by atoms with Crippen molar-refractivity contribution in [2.45, 2.75) is 25.8 Å². The Morgan fingerprint density at radius 1 is 1.43 bits per heavy atom. The standard InChI is InChI=1S/C16H23N3O2/c1-2-14-15(20)18-8-9-19(14)16(21)13(11-17)10-12-6-4-3-5-7-12/h3-7,13-14H,2,8-11,17H2,1H3,(H,18,20). The smallest absolute Gasteiger partial charge is 0.242 e. The number of nitrogens with two attached hydrogens (primary N) is 1. The van der Waals surface area contributed by atoms with E-state index in [2.05, 4.69) is 5.32 Å². The molecular weight excluding hydrogens is 266 g/mol. The summed E-state index contributed by atoms with van der Waals surface area (Å²) in [6, 6.07) is 9.49. The summed E-state index contributed by atoms with van der Waals surface area (Å²) in [7, 11) is 0. The normalized spacial score (nSPS) is 20.0. The van der Waals surface area contributed by atoms with Gasteiger partial charge >= 0.3 is 0 Å².